The molecule has 0 fully saturated rings. The number of carbonyl (C=O) groups is 1. The molecule has 0 aliphatic carbocycles. The van der Waals surface area contributed by atoms with Crippen molar-refractivity contribution < 1.29 is 13.2 Å². The van der Waals surface area contributed by atoms with Crippen molar-refractivity contribution in [2.75, 3.05) is 11.1 Å². The van der Waals surface area contributed by atoms with Gasteiger partial charge in [0.25, 0.3) is 0 Å². The van der Waals surface area contributed by atoms with Gasteiger partial charge in [0, 0.05) is 17.4 Å². The Morgan fingerprint density at radius 1 is 1.08 bits per heavy atom. The Bertz CT molecular complexity index is 995. The van der Waals surface area contributed by atoms with Crippen LogP contribution in [0.15, 0.2) is 64.9 Å². The summed E-state index contributed by atoms with van der Waals surface area (Å²) in [6.07, 6.45) is -0.114. The highest BCUT2D eigenvalue weighted by molar-refractivity contribution is 7.91. The Balaban J connectivity index is 1.60. The molecule has 134 valence electrons. The summed E-state index contributed by atoms with van der Waals surface area (Å²) >= 11 is 1.31. The zero-order chi connectivity index (χ0) is 18.6. The third kappa shape index (κ3) is 4.56. The minimum Gasteiger partial charge on any atom is -0.302 e. The van der Waals surface area contributed by atoms with Gasteiger partial charge in [0.2, 0.25) is 5.91 Å². The second kappa shape index (κ2) is 7.80. The lowest BCUT2D eigenvalue weighted by atomic mass is 10.1. The van der Waals surface area contributed by atoms with E-state index in [1.54, 1.807) is 18.2 Å². The van der Waals surface area contributed by atoms with Crippen molar-refractivity contribution >= 4 is 32.2 Å². The largest absolute Gasteiger partial charge is 0.302 e. The first kappa shape index (κ1) is 18.3. The number of benzene rings is 2. The maximum atomic E-state index is 12.2. The molecule has 0 atom stereocenters. The Kier molecular flexibility index (Phi) is 5.49. The molecule has 5 nitrogen and oxygen atoms in total. The molecule has 0 aliphatic heterocycles. The standard InChI is InChI=1S/C19H18N2O3S2/c1-14-7-9-15(10-8-14)17-13-25-19(20-17)21-18(22)11-12-26(23,24)16-5-3-2-4-6-16/h2-10,13H,11-12H2,1H3,(H,20,21,22). The van der Waals surface area contributed by atoms with Gasteiger partial charge >= 0.3 is 0 Å². The number of nitrogens with zero attached hydrogens (tertiary/aromatic N) is 1. The number of anilines is 1. The summed E-state index contributed by atoms with van der Waals surface area (Å²) in [5, 5.41) is 4.99. The van der Waals surface area contributed by atoms with E-state index in [0.29, 0.717) is 5.13 Å². The molecule has 1 N–H and O–H groups in total. The van der Waals surface area contributed by atoms with Gasteiger partial charge in [-0.3, -0.25) is 4.79 Å². The second-order valence-corrected chi connectivity index (χ2v) is 8.80. The molecule has 0 radical (unpaired) electrons. The molecule has 0 unspecified atom stereocenters. The van der Waals surface area contributed by atoms with Gasteiger partial charge in [-0.05, 0) is 19.1 Å². The van der Waals surface area contributed by atoms with E-state index in [0.717, 1.165) is 16.8 Å². The zero-order valence-electron chi connectivity index (χ0n) is 14.2. The van der Waals surface area contributed by atoms with Crippen molar-refractivity contribution in [2.24, 2.45) is 0 Å². The summed E-state index contributed by atoms with van der Waals surface area (Å²) in [6.45, 7) is 2.01. The van der Waals surface area contributed by atoms with Crippen LogP contribution in [0.4, 0.5) is 5.13 Å². The molecule has 3 aromatic rings. The Labute approximate surface area is 156 Å². The van der Waals surface area contributed by atoms with E-state index in [1.807, 2.05) is 36.6 Å². The first-order valence-corrected chi connectivity index (χ1v) is 10.6. The predicted molar refractivity (Wildman–Crippen MR) is 104 cm³/mol. The number of carbonyl (C=O) groups excluding carboxylic acids is 1. The number of aryl methyl sites for hydroxylation is 1. The van der Waals surface area contributed by atoms with Crippen LogP contribution >= 0.6 is 11.3 Å². The van der Waals surface area contributed by atoms with Gasteiger partial charge in [-0.15, -0.1) is 11.3 Å². The molecule has 1 aromatic heterocycles. The average molecular weight is 386 g/mol. The lowest BCUT2D eigenvalue weighted by Gasteiger charge is -2.04. The van der Waals surface area contributed by atoms with Crippen molar-refractivity contribution in [1.82, 2.24) is 4.98 Å². The fourth-order valence-corrected chi connectivity index (χ4v) is 4.34. The monoisotopic (exact) mass is 386 g/mol. The van der Waals surface area contributed by atoms with E-state index in [4.69, 9.17) is 0 Å². The van der Waals surface area contributed by atoms with Gasteiger partial charge in [-0.2, -0.15) is 0 Å². The van der Waals surface area contributed by atoms with Crippen LogP contribution < -0.4 is 5.32 Å². The van der Waals surface area contributed by atoms with Crippen LogP contribution in [-0.4, -0.2) is 25.1 Å². The first-order chi connectivity index (χ1) is 12.4. The quantitative estimate of drug-likeness (QED) is 0.697. The van der Waals surface area contributed by atoms with Crippen molar-refractivity contribution in [2.45, 2.75) is 18.2 Å². The average Bonchev–Trinajstić information content (AvgIpc) is 3.10. The number of sulfone groups is 1. The van der Waals surface area contributed by atoms with Crippen LogP contribution in [0.5, 0.6) is 0 Å². The first-order valence-electron chi connectivity index (χ1n) is 8.04. The predicted octanol–water partition coefficient (Wildman–Crippen LogP) is 3.92. The number of rotatable bonds is 6. The fraction of sp³-hybridized carbons (Fsp3) is 0.158. The van der Waals surface area contributed by atoms with Crippen molar-refractivity contribution in [3.63, 3.8) is 0 Å². The van der Waals surface area contributed by atoms with Crippen LogP contribution in [0, 0.1) is 6.92 Å². The molecule has 0 aliphatic rings. The highest BCUT2D eigenvalue weighted by Crippen LogP contribution is 2.25. The molecule has 0 spiro atoms. The minimum absolute atomic E-state index is 0.114. The van der Waals surface area contributed by atoms with Crippen molar-refractivity contribution in [1.29, 1.82) is 0 Å². The number of hydrogen-bond donors (Lipinski definition) is 1. The molecule has 1 heterocycles. The highest BCUT2D eigenvalue weighted by atomic mass is 32.2. The third-order valence-electron chi connectivity index (χ3n) is 3.80. The molecule has 1 amide bonds. The molecular formula is C19H18N2O3S2. The number of nitrogens with one attached hydrogen (secondary N) is 1. The number of thiazole rings is 1. The summed E-state index contributed by atoms with van der Waals surface area (Å²) in [5.74, 6) is -0.603. The second-order valence-electron chi connectivity index (χ2n) is 5.83. The van der Waals surface area contributed by atoms with Gasteiger partial charge in [-0.1, -0.05) is 48.0 Å². The topological polar surface area (TPSA) is 76.1 Å². The SMILES string of the molecule is Cc1ccc(-c2csc(NC(=O)CCS(=O)(=O)c3ccccc3)n2)cc1. The van der Waals surface area contributed by atoms with Crippen molar-refractivity contribution in [3.8, 4) is 11.3 Å². The van der Waals surface area contributed by atoms with E-state index in [-0.39, 0.29) is 23.0 Å². The molecule has 0 saturated carbocycles. The van der Waals surface area contributed by atoms with E-state index < -0.39 is 9.84 Å². The van der Waals surface area contributed by atoms with Gasteiger partial charge in [-0.25, -0.2) is 13.4 Å². The maximum absolute atomic E-state index is 12.2. The van der Waals surface area contributed by atoms with Crippen LogP contribution in [0.2, 0.25) is 0 Å². The van der Waals surface area contributed by atoms with Gasteiger partial charge in [0.15, 0.2) is 15.0 Å². The molecule has 2 aromatic carbocycles. The zero-order valence-corrected chi connectivity index (χ0v) is 15.8. The third-order valence-corrected chi connectivity index (χ3v) is 6.29. The van der Waals surface area contributed by atoms with Gasteiger partial charge < -0.3 is 5.32 Å². The van der Waals surface area contributed by atoms with E-state index >= 15 is 0 Å². The van der Waals surface area contributed by atoms with Crippen LogP contribution in [0.3, 0.4) is 0 Å². The Morgan fingerprint density at radius 2 is 1.77 bits per heavy atom. The summed E-state index contributed by atoms with van der Waals surface area (Å²) in [7, 11) is -3.47. The molecule has 0 saturated heterocycles. The Hall–Kier alpha value is -2.51. The van der Waals surface area contributed by atoms with E-state index in [2.05, 4.69) is 10.3 Å². The normalized spacial score (nSPS) is 11.3. The number of aromatic nitrogens is 1. The summed E-state index contributed by atoms with van der Waals surface area (Å²) in [4.78, 5) is 16.7. The highest BCUT2D eigenvalue weighted by Gasteiger charge is 2.16. The molecule has 26 heavy (non-hydrogen) atoms. The smallest absolute Gasteiger partial charge is 0.227 e. The summed E-state index contributed by atoms with van der Waals surface area (Å²) < 4.78 is 24.4. The van der Waals surface area contributed by atoms with Crippen LogP contribution in [-0.2, 0) is 14.6 Å². The Morgan fingerprint density at radius 3 is 2.46 bits per heavy atom. The molecule has 7 heteroatoms. The van der Waals surface area contributed by atoms with Gasteiger partial charge in [0.1, 0.15) is 0 Å². The van der Waals surface area contributed by atoms with E-state index in [9.17, 15) is 13.2 Å². The molecular weight excluding hydrogens is 368 g/mol. The summed E-state index contributed by atoms with van der Waals surface area (Å²) in [6, 6.07) is 16.1. The molecule has 3 rings (SSSR count). The van der Waals surface area contributed by atoms with Crippen molar-refractivity contribution in [3.05, 3.63) is 65.5 Å². The van der Waals surface area contributed by atoms with Gasteiger partial charge in [0.05, 0.1) is 16.3 Å². The van der Waals surface area contributed by atoms with Crippen LogP contribution in [0.1, 0.15) is 12.0 Å². The fourth-order valence-electron chi connectivity index (χ4n) is 2.34. The number of hydrogen-bond acceptors (Lipinski definition) is 5. The number of amides is 1. The van der Waals surface area contributed by atoms with Crippen LogP contribution in [0.25, 0.3) is 11.3 Å². The molecule has 0 bridgehead atoms. The lowest BCUT2D eigenvalue weighted by Crippen LogP contribution is -2.17. The minimum atomic E-state index is -3.47. The maximum Gasteiger partial charge on any atom is 0.227 e. The van der Waals surface area contributed by atoms with E-state index in [1.165, 1.54) is 23.5 Å². The lowest BCUT2D eigenvalue weighted by molar-refractivity contribution is -0.115. The summed E-state index contributed by atoms with van der Waals surface area (Å²) in [5.41, 5.74) is 2.92.